The summed E-state index contributed by atoms with van der Waals surface area (Å²) in [6.07, 6.45) is 3.49. The van der Waals surface area contributed by atoms with Crippen LogP contribution in [0.3, 0.4) is 0 Å². The van der Waals surface area contributed by atoms with Crippen LogP contribution >= 0.6 is 15.9 Å². The summed E-state index contributed by atoms with van der Waals surface area (Å²) >= 11 is 3.52. The molecule has 110 valence electrons. The summed E-state index contributed by atoms with van der Waals surface area (Å²) in [4.78, 5) is 6.28. The average molecular weight is 342 g/mol. The number of fused-ring (bicyclic) bond motifs is 1. The van der Waals surface area contributed by atoms with E-state index in [4.69, 9.17) is 10.5 Å². The van der Waals surface area contributed by atoms with Crippen LogP contribution in [-0.2, 0) is 11.2 Å². The van der Waals surface area contributed by atoms with Crippen LogP contribution in [-0.4, -0.2) is 53.4 Å². The SMILES string of the molecule is COCCN(C)CCCc1cc(Br)c2c(N)ncnn12. The molecule has 0 aliphatic rings. The van der Waals surface area contributed by atoms with Crippen molar-refractivity contribution in [1.82, 2.24) is 19.5 Å². The van der Waals surface area contributed by atoms with Gasteiger partial charge in [-0.3, -0.25) is 0 Å². The first-order chi connectivity index (χ1) is 9.63. The number of aromatic nitrogens is 3. The Labute approximate surface area is 127 Å². The molecule has 0 aliphatic heterocycles. The third-order valence-corrected chi connectivity index (χ3v) is 3.86. The Morgan fingerprint density at radius 3 is 3.00 bits per heavy atom. The van der Waals surface area contributed by atoms with E-state index in [1.165, 1.54) is 6.33 Å². The van der Waals surface area contributed by atoms with Gasteiger partial charge in [0, 0.05) is 23.8 Å². The molecule has 2 rings (SSSR count). The molecule has 2 aromatic rings. The van der Waals surface area contributed by atoms with Crippen LogP contribution < -0.4 is 5.73 Å². The van der Waals surface area contributed by atoms with E-state index in [1.807, 2.05) is 4.52 Å². The van der Waals surface area contributed by atoms with Crippen molar-refractivity contribution in [3.63, 3.8) is 0 Å². The van der Waals surface area contributed by atoms with E-state index < -0.39 is 0 Å². The van der Waals surface area contributed by atoms with Crippen LogP contribution in [0.1, 0.15) is 12.1 Å². The highest BCUT2D eigenvalue weighted by Crippen LogP contribution is 2.25. The normalized spacial score (nSPS) is 11.6. The lowest BCUT2D eigenvalue weighted by molar-refractivity contribution is 0.160. The van der Waals surface area contributed by atoms with Crippen LogP contribution in [0.2, 0.25) is 0 Å². The molecule has 0 aromatic carbocycles. The number of halogens is 1. The third-order valence-electron chi connectivity index (χ3n) is 3.26. The number of hydrogen-bond acceptors (Lipinski definition) is 5. The lowest BCUT2D eigenvalue weighted by Crippen LogP contribution is -2.24. The highest BCUT2D eigenvalue weighted by molar-refractivity contribution is 9.10. The maximum atomic E-state index is 5.88. The molecule has 2 aromatic heterocycles. The minimum Gasteiger partial charge on any atom is -0.383 e. The number of hydrogen-bond donors (Lipinski definition) is 1. The average Bonchev–Trinajstić information content (AvgIpc) is 2.74. The van der Waals surface area contributed by atoms with Gasteiger partial charge in [-0.15, -0.1) is 0 Å². The topological polar surface area (TPSA) is 68.7 Å². The molecule has 0 fully saturated rings. The molecule has 2 N–H and O–H groups in total. The van der Waals surface area contributed by atoms with Crippen molar-refractivity contribution in [3.8, 4) is 0 Å². The maximum Gasteiger partial charge on any atom is 0.152 e. The van der Waals surface area contributed by atoms with E-state index in [0.29, 0.717) is 5.82 Å². The second kappa shape index (κ2) is 7.01. The molecular formula is C13H20BrN5O. The van der Waals surface area contributed by atoms with Crippen molar-refractivity contribution in [2.24, 2.45) is 0 Å². The van der Waals surface area contributed by atoms with Crippen molar-refractivity contribution < 1.29 is 4.74 Å². The Morgan fingerprint density at radius 1 is 1.45 bits per heavy atom. The van der Waals surface area contributed by atoms with E-state index in [0.717, 1.165) is 48.2 Å². The standard InChI is InChI=1S/C13H20BrN5O/c1-18(6-7-20-2)5-3-4-10-8-11(14)12-13(15)16-9-17-19(10)12/h8-9H,3-7H2,1-2H3,(H2,15,16,17). The van der Waals surface area contributed by atoms with Gasteiger partial charge < -0.3 is 15.4 Å². The summed E-state index contributed by atoms with van der Waals surface area (Å²) in [6.45, 7) is 2.73. The van der Waals surface area contributed by atoms with Gasteiger partial charge in [0.1, 0.15) is 11.8 Å². The third kappa shape index (κ3) is 3.47. The summed E-state index contributed by atoms with van der Waals surface area (Å²) in [5.74, 6) is 0.496. The second-order valence-electron chi connectivity index (χ2n) is 4.79. The number of methoxy groups -OCH3 is 1. The Morgan fingerprint density at radius 2 is 2.25 bits per heavy atom. The largest absolute Gasteiger partial charge is 0.383 e. The molecule has 20 heavy (non-hydrogen) atoms. The van der Waals surface area contributed by atoms with E-state index in [2.05, 4.69) is 44.0 Å². The van der Waals surface area contributed by atoms with Gasteiger partial charge in [-0.2, -0.15) is 5.10 Å². The number of anilines is 1. The molecule has 7 heteroatoms. The van der Waals surface area contributed by atoms with Crippen LogP contribution in [0.25, 0.3) is 5.52 Å². The highest BCUT2D eigenvalue weighted by Gasteiger charge is 2.11. The summed E-state index contributed by atoms with van der Waals surface area (Å²) in [5.41, 5.74) is 7.86. The number of aryl methyl sites for hydroxylation is 1. The van der Waals surface area contributed by atoms with Crippen LogP contribution in [0.5, 0.6) is 0 Å². The van der Waals surface area contributed by atoms with Gasteiger partial charge in [-0.05, 0) is 48.4 Å². The van der Waals surface area contributed by atoms with Crippen LogP contribution in [0.4, 0.5) is 5.82 Å². The first kappa shape index (κ1) is 15.2. The molecule has 0 amide bonds. The van der Waals surface area contributed by atoms with Gasteiger partial charge in [0.15, 0.2) is 5.82 Å². The minimum absolute atomic E-state index is 0.496. The van der Waals surface area contributed by atoms with Crippen LogP contribution in [0, 0.1) is 0 Å². The van der Waals surface area contributed by atoms with Crippen molar-refractivity contribution in [1.29, 1.82) is 0 Å². The monoisotopic (exact) mass is 341 g/mol. The van der Waals surface area contributed by atoms with Gasteiger partial charge in [-0.1, -0.05) is 0 Å². The molecule has 0 saturated heterocycles. The fourth-order valence-corrected chi connectivity index (χ4v) is 2.79. The summed E-state index contributed by atoms with van der Waals surface area (Å²) in [6, 6.07) is 2.07. The van der Waals surface area contributed by atoms with Gasteiger partial charge in [0.25, 0.3) is 0 Å². The van der Waals surface area contributed by atoms with E-state index in [1.54, 1.807) is 7.11 Å². The maximum absolute atomic E-state index is 5.88. The van der Waals surface area contributed by atoms with E-state index in [-0.39, 0.29) is 0 Å². The van der Waals surface area contributed by atoms with E-state index in [9.17, 15) is 0 Å². The minimum atomic E-state index is 0.496. The quantitative estimate of drug-likeness (QED) is 0.828. The van der Waals surface area contributed by atoms with Gasteiger partial charge in [-0.25, -0.2) is 9.50 Å². The first-order valence-electron chi connectivity index (χ1n) is 6.57. The van der Waals surface area contributed by atoms with Crippen molar-refractivity contribution in [3.05, 3.63) is 22.6 Å². The molecule has 2 heterocycles. The molecule has 0 aliphatic carbocycles. The van der Waals surface area contributed by atoms with Gasteiger partial charge in [0.2, 0.25) is 0 Å². The number of nitrogen functional groups attached to an aromatic ring is 1. The molecule has 0 spiro atoms. The van der Waals surface area contributed by atoms with Crippen molar-refractivity contribution >= 4 is 27.3 Å². The molecular weight excluding hydrogens is 322 g/mol. The molecule has 0 unspecified atom stereocenters. The first-order valence-corrected chi connectivity index (χ1v) is 7.37. The van der Waals surface area contributed by atoms with Crippen molar-refractivity contribution in [2.75, 3.05) is 39.6 Å². The number of nitrogens with two attached hydrogens (primary N) is 1. The molecule has 0 radical (unpaired) electrons. The van der Waals surface area contributed by atoms with Crippen molar-refractivity contribution in [2.45, 2.75) is 12.8 Å². The van der Waals surface area contributed by atoms with Gasteiger partial charge in [0.05, 0.1) is 6.61 Å². The number of ether oxygens (including phenoxy) is 1. The Balaban J connectivity index is 1.99. The Kier molecular flexibility index (Phi) is 5.33. The zero-order chi connectivity index (χ0) is 14.5. The Bertz CT molecular complexity index is 571. The lowest BCUT2D eigenvalue weighted by Gasteiger charge is -2.15. The van der Waals surface area contributed by atoms with Crippen LogP contribution in [0.15, 0.2) is 16.9 Å². The fraction of sp³-hybridized carbons (Fsp3) is 0.538. The zero-order valence-corrected chi connectivity index (χ0v) is 13.4. The smallest absolute Gasteiger partial charge is 0.152 e. The number of nitrogens with zero attached hydrogens (tertiary/aromatic N) is 4. The number of rotatable bonds is 7. The summed E-state index contributed by atoms with van der Waals surface area (Å²) in [7, 11) is 3.83. The summed E-state index contributed by atoms with van der Waals surface area (Å²) in [5, 5.41) is 4.27. The predicted octanol–water partition coefficient (Wildman–Crippen LogP) is 1.58. The van der Waals surface area contributed by atoms with E-state index >= 15 is 0 Å². The Hall–Kier alpha value is -1.18. The molecule has 0 atom stereocenters. The predicted molar refractivity (Wildman–Crippen MR) is 82.8 cm³/mol. The lowest BCUT2D eigenvalue weighted by atomic mass is 10.2. The van der Waals surface area contributed by atoms with Gasteiger partial charge >= 0.3 is 0 Å². The zero-order valence-electron chi connectivity index (χ0n) is 11.8. The fourth-order valence-electron chi connectivity index (χ4n) is 2.15. The molecule has 0 bridgehead atoms. The molecule has 0 saturated carbocycles. The molecule has 6 nitrogen and oxygen atoms in total. The second-order valence-corrected chi connectivity index (χ2v) is 5.64. The summed E-state index contributed by atoms with van der Waals surface area (Å²) < 4.78 is 7.87. The highest BCUT2D eigenvalue weighted by atomic mass is 79.9. The number of likely N-dealkylation sites (N-methyl/N-ethyl adjacent to an activating group) is 1.